The molecule has 38 heavy (non-hydrogen) atoms. The van der Waals surface area contributed by atoms with Gasteiger partial charge >= 0.3 is 11.9 Å². The lowest BCUT2D eigenvalue weighted by Gasteiger charge is -2.26. The molecule has 0 saturated heterocycles. The molecule has 0 aromatic heterocycles. The molecule has 12 heteroatoms. The van der Waals surface area contributed by atoms with Crippen LogP contribution in [0.1, 0.15) is 58.9 Å². The molecule has 0 saturated carbocycles. The van der Waals surface area contributed by atoms with E-state index in [9.17, 15) is 34.2 Å². The quantitative estimate of drug-likeness (QED) is 0.159. The number of aromatic hydroxyl groups is 1. The van der Waals surface area contributed by atoms with E-state index >= 15 is 0 Å². The van der Waals surface area contributed by atoms with E-state index in [1.165, 1.54) is 24.3 Å². The van der Waals surface area contributed by atoms with Crippen LogP contribution in [0, 0.1) is 11.8 Å². The highest BCUT2D eigenvalue weighted by atomic mass is 16.4. The van der Waals surface area contributed by atoms with Gasteiger partial charge in [-0.05, 0) is 42.4 Å². The maximum Gasteiger partial charge on any atom is 0.326 e. The van der Waals surface area contributed by atoms with E-state index < -0.39 is 60.2 Å². The van der Waals surface area contributed by atoms with Gasteiger partial charge in [-0.2, -0.15) is 0 Å². The van der Waals surface area contributed by atoms with E-state index in [2.05, 4.69) is 16.0 Å². The standard InChI is InChI=1S/C26H40N4O8/c1-5-15(4)22(27)25(36)28-18(10-11-21(32)33)23(34)29-19(12-14(2)3)24(35)30-20(26(37)38)13-16-6-8-17(31)9-7-16/h6-9,14-15,18-20,22,31H,5,10-13,27H2,1-4H3,(H,28,36)(H,29,34)(H,30,35)(H,32,33)(H,37,38). The molecule has 0 heterocycles. The van der Waals surface area contributed by atoms with Gasteiger partial charge in [-0.3, -0.25) is 19.2 Å². The number of aliphatic carboxylic acids is 2. The molecule has 0 spiro atoms. The number of carboxylic acid groups (broad SMARTS) is 2. The minimum Gasteiger partial charge on any atom is -0.508 e. The summed E-state index contributed by atoms with van der Waals surface area (Å²) in [5, 5.41) is 35.7. The summed E-state index contributed by atoms with van der Waals surface area (Å²) < 4.78 is 0. The molecule has 1 aromatic carbocycles. The van der Waals surface area contributed by atoms with Crippen molar-refractivity contribution in [2.24, 2.45) is 17.6 Å². The van der Waals surface area contributed by atoms with E-state index in [0.717, 1.165) is 0 Å². The molecule has 0 fully saturated rings. The molecule has 0 aliphatic rings. The van der Waals surface area contributed by atoms with E-state index in [0.29, 0.717) is 12.0 Å². The Balaban J connectivity index is 3.06. The van der Waals surface area contributed by atoms with Crippen molar-refractivity contribution >= 4 is 29.7 Å². The summed E-state index contributed by atoms with van der Waals surface area (Å²) in [5.74, 6) is -4.82. The molecule has 5 unspecified atom stereocenters. The largest absolute Gasteiger partial charge is 0.508 e. The molecular weight excluding hydrogens is 496 g/mol. The van der Waals surface area contributed by atoms with Gasteiger partial charge in [-0.25, -0.2) is 4.79 Å². The molecule has 1 aromatic rings. The minimum atomic E-state index is -1.31. The van der Waals surface area contributed by atoms with Crippen LogP contribution in [0.2, 0.25) is 0 Å². The number of carboxylic acids is 2. The molecule has 5 atom stereocenters. The first-order valence-corrected chi connectivity index (χ1v) is 12.6. The molecule has 3 amide bonds. The first kappa shape index (κ1) is 32.4. The van der Waals surface area contributed by atoms with Gasteiger partial charge in [0.25, 0.3) is 0 Å². The monoisotopic (exact) mass is 536 g/mol. The molecule has 0 radical (unpaired) electrons. The molecule has 12 nitrogen and oxygen atoms in total. The number of carbonyl (C=O) groups is 5. The zero-order valence-electron chi connectivity index (χ0n) is 22.3. The maximum absolute atomic E-state index is 13.1. The topological polar surface area (TPSA) is 208 Å². The number of nitrogens with one attached hydrogen (secondary N) is 3. The number of phenolic OH excluding ortho intramolecular Hbond substituents is 1. The summed E-state index contributed by atoms with van der Waals surface area (Å²) in [6, 6.07) is 1.24. The smallest absolute Gasteiger partial charge is 0.326 e. The van der Waals surface area contributed by atoms with Crippen LogP contribution in [-0.2, 0) is 30.4 Å². The van der Waals surface area contributed by atoms with Crippen LogP contribution in [-0.4, -0.2) is 69.1 Å². The first-order chi connectivity index (χ1) is 17.7. The average Bonchev–Trinajstić information content (AvgIpc) is 2.85. The van der Waals surface area contributed by atoms with Crippen molar-refractivity contribution in [3.8, 4) is 5.75 Å². The predicted molar refractivity (Wildman–Crippen MR) is 139 cm³/mol. The third-order valence-corrected chi connectivity index (χ3v) is 6.17. The molecular formula is C26H40N4O8. The second kappa shape index (κ2) is 15.6. The van der Waals surface area contributed by atoms with Crippen molar-refractivity contribution in [3.63, 3.8) is 0 Å². The highest BCUT2D eigenvalue weighted by molar-refractivity contribution is 5.94. The summed E-state index contributed by atoms with van der Waals surface area (Å²) in [4.78, 5) is 61.8. The highest BCUT2D eigenvalue weighted by Crippen LogP contribution is 2.13. The zero-order chi connectivity index (χ0) is 29.0. The second-order valence-corrected chi connectivity index (χ2v) is 9.87. The van der Waals surface area contributed by atoms with E-state index in [-0.39, 0.29) is 36.8 Å². The van der Waals surface area contributed by atoms with Crippen LogP contribution >= 0.6 is 0 Å². The number of nitrogens with two attached hydrogens (primary N) is 1. The predicted octanol–water partition coefficient (Wildman–Crippen LogP) is 0.758. The number of carbonyl (C=O) groups excluding carboxylic acids is 3. The summed E-state index contributed by atoms with van der Waals surface area (Å²) in [6.45, 7) is 7.25. The van der Waals surface area contributed by atoms with Crippen molar-refractivity contribution in [2.75, 3.05) is 0 Å². The fraction of sp³-hybridized carbons (Fsp3) is 0.577. The third kappa shape index (κ3) is 11.2. The van der Waals surface area contributed by atoms with Crippen LogP contribution in [0.3, 0.4) is 0 Å². The summed E-state index contributed by atoms with van der Waals surface area (Å²) in [5.41, 5.74) is 6.52. The maximum atomic E-state index is 13.1. The fourth-order valence-electron chi connectivity index (χ4n) is 3.63. The van der Waals surface area contributed by atoms with Gasteiger partial charge < -0.3 is 37.0 Å². The molecule has 1 rings (SSSR count). The Bertz CT molecular complexity index is 966. The first-order valence-electron chi connectivity index (χ1n) is 12.6. The molecule has 8 N–H and O–H groups in total. The lowest BCUT2D eigenvalue weighted by Crippen LogP contribution is -2.58. The summed E-state index contributed by atoms with van der Waals surface area (Å²) >= 11 is 0. The second-order valence-electron chi connectivity index (χ2n) is 9.87. The average molecular weight is 537 g/mol. The van der Waals surface area contributed by atoms with Crippen LogP contribution in [0.25, 0.3) is 0 Å². The van der Waals surface area contributed by atoms with Crippen LogP contribution in [0.4, 0.5) is 0 Å². The Hall–Kier alpha value is -3.67. The summed E-state index contributed by atoms with van der Waals surface area (Å²) in [7, 11) is 0. The van der Waals surface area contributed by atoms with Gasteiger partial charge in [0.15, 0.2) is 0 Å². The molecule has 0 bridgehead atoms. The minimum absolute atomic E-state index is 0.0130. The molecule has 0 aliphatic carbocycles. The Kier molecular flexibility index (Phi) is 13.2. The van der Waals surface area contributed by atoms with Crippen molar-refractivity contribution < 1.29 is 39.3 Å². The fourth-order valence-corrected chi connectivity index (χ4v) is 3.63. The van der Waals surface area contributed by atoms with Gasteiger partial charge in [0.05, 0.1) is 6.04 Å². The van der Waals surface area contributed by atoms with Crippen LogP contribution in [0.5, 0.6) is 5.75 Å². The van der Waals surface area contributed by atoms with Crippen molar-refractivity contribution in [2.45, 2.75) is 84.0 Å². The molecule has 212 valence electrons. The highest BCUT2D eigenvalue weighted by Gasteiger charge is 2.31. The summed E-state index contributed by atoms with van der Waals surface area (Å²) in [6.07, 6.45) is 0.0795. The Labute approximate surface area is 222 Å². The van der Waals surface area contributed by atoms with Crippen LogP contribution in [0.15, 0.2) is 24.3 Å². The Morgan fingerprint density at radius 2 is 1.37 bits per heavy atom. The normalized spacial score (nSPS) is 15.0. The van der Waals surface area contributed by atoms with E-state index in [1.54, 1.807) is 6.92 Å². The Morgan fingerprint density at radius 1 is 0.842 bits per heavy atom. The van der Waals surface area contributed by atoms with Crippen molar-refractivity contribution in [3.05, 3.63) is 29.8 Å². The Morgan fingerprint density at radius 3 is 1.87 bits per heavy atom. The van der Waals surface area contributed by atoms with E-state index in [4.69, 9.17) is 10.8 Å². The zero-order valence-corrected chi connectivity index (χ0v) is 22.3. The van der Waals surface area contributed by atoms with Gasteiger partial charge in [-0.15, -0.1) is 0 Å². The number of phenols is 1. The third-order valence-electron chi connectivity index (χ3n) is 6.17. The van der Waals surface area contributed by atoms with Crippen molar-refractivity contribution in [1.29, 1.82) is 0 Å². The lowest BCUT2D eigenvalue weighted by molar-refractivity contribution is -0.142. The number of rotatable bonds is 16. The van der Waals surface area contributed by atoms with Crippen LogP contribution < -0.4 is 21.7 Å². The SMILES string of the molecule is CCC(C)C(N)C(=O)NC(CCC(=O)O)C(=O)NC(CC(C)C)C(=O)NC(Cc1ccc(O)cc1)C(=O)O. The lowest BCUT2D eigenvalue weighted by atomic mass is 9.98. The van der Waals surface area contributed by atoms with Crippen molar-refractivity contribution in [1.82, 2.24) is 16.0 Å². The van der Waals surface area contributed by atoms with Gasteiger partial charge in [0.1, 0.15) is 23.9 Å². The number of hydrogen-bond acceptors (Lipinski definition) is 7. The van der Waals surface area contributed by atoms with Gasteiger partial charge in [0, 0.05) is 12.8 Å². The number of amides is 3. The number of hydrogen-bond donors (Lipinski definition) is 7. The molecule has 0 aliphatic heterocycles. The van der Waals surface area contributed by atoms with Gasteiger partial charge in [-0.1, -0.05) is 46.2 Å². The number of benzene rings is 1. The van der Waals surface area contributed by atoms with Gasteiger partial charge in [0.2, 0.25) is 17.7 Å². The van der Waals surface area contributed by atoms with E-state index in [1.807, 2.05) is 20.8 Å².